The van der Waals surface area contributed by atoms with Crippen molar-refractivity contribution in [3.05, 3.63) is 23.5 Å². The van der Waals surface area contributed by atoms with E-state index in [0.29, 0.717) is 5.57 Å². The van der Waals surface area contributed by atoms with Crippen molar-refractivity contribution in [2.24, 2.45) is 16.5 Å². The Morgan fingerprint density at radius 3 is 2.31 bits per heavy atom. The van der Waals surface area contributed by atoms with Crippen molar-refractivity contribution in [2.45, 2.75) is 13.8 Å². The molecule has 0 unspecified atom stereocenters. The number of allylic oxidation sites excluding steroid dienone is 2. The minimum atomic E-state index is -0.388. The van der Waals surface area contributed by atoms with Gasteiger partial charge in [0.15, 0.2) is 0 Å². The van der Waals surface area contributed by atoms with Crippen LogP contribution in [0.15, 0.2) is 28.5 Å². The second-order valence-electron chi connectivity index (χ2n) is 2.38. The highest BCUT2D eigenvalue weighted by Gasteiger charge is 2.02. The summed E-state index contributed by atoms with van der Waals surface area (Å²) in [7, 11) is 0. The van der Waals surface area contributed by atoms with E-state index >= 15 is 0 Å². The molecular weight excluding hydrogens is 168 g/mol. The summed E-state index contributed by atoms with van der Waals surface area (Å²) >= 11 is 0. The number of guanidine groups is 1. The molecule has 0 aliphatic carbocycles. The summed E-state index contributed by atoms with van der Waals surface area (Å²) in [5, 5.41) is 16.1. The van der Waals surface area contributed by atoms with Crippen LogP contribution in [-0.4, -0.2) is 16.9 Å². The van der Waals surface area contributed by atoms with Crippen LogP contribution < -0.4 is 11.5 Å². The summed E-state index contributed by atoms with van der Waals surface area (Å²) < 4.78 is 0. The summed E-state index contributed by atoms with van der Waals surface area (Å²) in [6.07, 6.45) is 3.30. The molecule has 0 saturated heterocycles. The first kappa shape index (κ1) is 11.2. The van der Waals surface area contributed by atoms with Gasteiger partial charge in [0.1, 0.15) is 11.6 Å². The van der Waals surface area contributed by atoms with E-state index in [2.05, 4.69) is 4.99 Å². The summed E-state index contributed by atoms with van der Waals surface area (Å²) in [5.74, 6) is -0.313. The SMILES string of the molecule is C/C=C\C(C(N)=NC(=N)N)=C(C)O. The smallest absolute Gasteiger partial charge is 0.214 e. The third-order valence-electron chi connectivity index (χ3n) is 1.24. The molecule has 0 bridgehead atoms. The molecule has 0 aliphatic heterocycles. The molecule has 0 fully saturated rings. The zero-order valence-corrected chi connectivity index (χ0v) is 7.70. The largest absolute Gasteiger partial charge is 0.512 e. The standard InChI is InChI=1S/C8H14N4O/c1-3-4-6(5(2)13)7(9)12-8(10)11/h3-4,13H,1-2H3,(H5,9,10,11,12)/b4-3-,6-5?. The molecule has 0 aromatic rings. The molecule has 0 aliphatic rings. The lowest BCUT2D eigenvalue weighted by Gasteiger charge is -2.02. The third-order valence-corrected chi connectivity index (χ3v) is 1.24. The summed E-state index contributed by atoms with van der Waals surface area (Å²) in [4.78, 5) is 3.50. The quantitative estimate of drug-likeness (QED) is 0.218. The minimum absolute atomic E-state index is 0.0330. The Kier molecular flexibility index (Phi) is 4.29. The van der Waals surface area contributed by atoms with Crippen molar-refractivity contribution in [1.29, 1.82) is 5.41 Å². The Morgan fingerprint density at radius 1 is 1.46 bits per heavy atom. The van der Waals surface area contributed by atoms with Gasteiger partial charge < -0.3 is 16.6 Å². The van der Waals surface area contributed by atoms with Crippen molar-refractivity contribution in [2.75, 3.05) is 0 Å². The van der Waals surface area contributed by atoms with E-state index in [-0.39, 0.29) is 17.6 Å². The number of nitrogens with one attached hydrogen (secondary N) is 1. The zero-order valence-electron chi connectivity index (χ0n) is 7.70. The highest BCUT2D eigenvalue weighted by atomic mass is 16.3. The number of rotatable bonds is 2. The molecule has 0 spiro atoms. The van der Waals surface area contributed by atoms with E-state index in [1.54, 1.807) is 19.1 Å². The molecule has 0 heterocycles. The van der Waals surface area contributed by atoms with Crippen LogP contribution in [0.5, 0.6) is 0 Å². The van der Waals surface area contributed by atoms with Crippen LogP contribution in [0, 0.1) is 5.41 Å². The number of aliphatic hydroxyl groups is 1. The lowest BCUT2D eigenvalue weighted by atomic mass is 10.2. The molecule has 0 atom stereocenters. The second kappa shape index (κ2) is 4.97. The van der Waals surface area contributed by atoms with E-state index in [0.717, 1.165) is 0 Å². The number of amidine groups is 1. The molecule has 0 radical (unpaired) electrons. The lowest BCUT2D eigenvalue weighted by molar-refractivity contribution is 0.412. The van der Waals surface area contributed by atoms with E-state index in [1.807, 2.05) is 0 Å². The monoisotopic (exact) mass is 182 g/mol. The maximum atomic E-state index is 9.18. The molecule has 6 N–H and O–H groups in total. The summed E-state index contributed by atoms with van der Waals surface area (Å²) in [6.45, 7) is 3.27. The van der Waals surface area contributed by atoms with Gasteiger partial charge in [-0.1, -0.05) is 12.2 Å². The molecule has 5 nitrogen and oxygen atoms in total. The predicted octanol–water partition coefficient (Wildman–Crippen LogP) is 0.645. The van der Waals surface area contributed by atoms with Crippen molar-refractivity contribution < 1.29 is 5.11 Å². The fourth-order valence-corrected chi connectivity index (χ4v) is 0.748. The highest BCUT2D eigenvalue weighted by Crippen LogP contribution is 2.03. The van der Waals surface area contributed by atoms with Crippen LogP contribution in [-0.2, 0) is 0 Å². The van der Waals surface area contributed by atoms with E-state index in [9.17, 15) is 5.11 Å². The Balaban J connectivity index is 5.00. The van der Waals surface area contributed by atoms with E-state index in [1.165, 1.54) is 6.92 Å². The van der Waals surface area contributed by atoms with Crippen LogP contribution in [0.4, 0.5) is 0 Å². The van der Waals surface area contributed by atoms with Gasteiger partial charge in [-0.05, 0) is 13.8 Å². The van der Waals surface area contributed by atoms with Gasteiger partial charge in [-0.15, -0.1) is 0 Å². The van der Waals surface area contributed by atoms with Crippen molar-refractivity contribution in [3.8, 4) is 0 Å². The summed E-state index contributed by atoms with van der Waals surface area (Å²) in [6, 6.07) is 0. The van der Waals surface area contributed by atoms with Gasteiger partial charge in [-0.2, -0.15) is 4.99 Å². The predicted molar refractivity (Wildman–Crippen MR) is 53.7 cm³/mol. The Morgan fingerprint density at radius 2 is 2.00 bits per heavy atom. The van der Waals surface area contributed by atoms with E-state index in [4.69, 9.17) is 16.9 Å². The molecular formula is C8H14N4O. The van der Waals surface area contributed by atoms with Gasteiger partial charge in [0.25, 0.3) is 0 Å². The number of nitrogens with zero attached hydrogens (tertiary/aromatic N) is 1. The van der Waals surface area contributed by atoms with Gasteiger partial charge in [-0.3, -0.25) is 5.41 Å². The maximum absolute atomic E-state index is 9.18. The molecule has 5 heteroatoms. The van der Waals surface area contributed by atoms with Crippen LogP contribution in [0.25, 0.3) is 0 Å². The van der Waals surface area contributed by atoms with Crippen molar-refractivity contribution in [3.63, 3.8) is 0 Å². The van der Waals surface area contributed by atoms with Crippen molar-refractivity contribution >= 4 is 11.8 Å². The molecule has 0 amide bonds. The van der Waals surface area contributed by atoms with Gasteiger partial charge in [0.2, 0.25) is 5.96 Å². The topological polar surface area (TPSA) is 108 Å². The maximum Gasteiger partial charge on any atom is 0.214 e. The first-order valence-electron chi connectivity index (χ1n) is 3.70. The fourth-order valence-electron chi connectivity index (χ4n) is 0.748. The molecule has 0 aromatic carbocycles. The molecule has 0 rings (SSSR count). The van der Waals surface area contributed by atoms with Gasteiger partial charge in [0, 0.05) is 0 Å². The van der Waals surface area contributed by atoms with Gasteiger partial charge >= 0.3 is 0 Å². The average molecular weight is 182 g/mol. The fraction of sp³-hybridized carbons (Fsp3) is 0.250. The Hall–Kier alpha value is -1.78. The number of aliphatic hydroxyl groups excluding tert-OH is 1. The molecule has 13 heavy (non-hydrogen) atoms. The lowest BCUT2D eigenvalue weighted by Crippen LogP contribution is -2.20. The highest BCUT2D eigenvalue weighted by molar-refractivity contribution is 6.05. The Labute approximate surface area is 77.0 Å². The molecule has 0 saturated carbocycles. The summed E-state index contributed by atoms with van der Waals surface area (Å²) in [5.41, 5.74) is 10.9. The molecule has 72 valence electrons. The average Bonchev–Trinajstić information content (AvgIpc) is 1.97. The van der Waals surface area contributed by atoms with Crippen LogP contribution >= 0.6 is 0 Å². The Bertz CT molecular complexity index is 285. The second-order valence-corrected chi connectivity index (χ2v) is 2.38. The number of hydrogen-bond donors (Lipinski definition) is 4. The minimum Gasteiger partial charge on any atom is -0.512 e. The number of hydrogen-bond acceptors (Lipinski definition) is 2. The molecule has 0 aromatic heterocycles. The van der Waals surface area contributed by atoms with Gasteiger partial charge in [-0.25, -0.2) is 0 Å². The van der Waals surface area contributed by atoms with Crippen molar-refractivity contribution in [1.82, 2.24) is 0 Å². The van der Waals surface area contributed by atoms with Crippen LogP contribution in [0.3, 0.4) is 0 Å². The number of nitrogens with two attached hydrogens (primary N) is 2. The van der Waals surface area contributed by atoms with Crippen LogP contribution in [0.1, 0.15) is 13.8 Å². The first-order chi connectivity index (χ1) is 5.99. The van der Waals surface area contributed by atoms with Gasteiger partial charge in [0.05, 0.1) is 5.57 Å². The van der Waals surface area contributed by atoms with E-state index < -0.39 is 0 Å². The normalized spacial score (nSPS) is 14.5. The zero-order chi connectivity index (χ0) is 10.4. The first-order valence-corrected chi connectivity index (χ1v) is 3.70. The third kappa shape index (κ3) is 3.95. The number of aliphatic imine (C=N–C) groups is 1. The van der Waals surface area contributed by atoms with Crippen LogP contribution in [0.2, 0.25) is 0 Å².